The fraction of sp³-hybridized carbons (Fsp3) is 0.417. The van der Waals surface area contributed by atoms with Gasteiger partial charge >= 0.3 is 0 Å². The van der Waals surface area contributed by atoms with Crippen molar-refractivity contribution in [2.45, 2.75) is 18.3 Å². The monoisotopic (exact) mass is 254 g/mol. The Hall–Kier alpha value is -1.13. The summed E-state index contributed by atoms with van der Waals surface area (Å²) in [5.74, 6) is 0.855. The van der Waals surface area contributed by atoms with Crippen molar-refractivity contribution >= 4 is 22.6 Å². The van der Waals surface area contributed by atoms with Gasteiger partial charge in [0.25, 0.3) is 0 Å². The van der Waals surface area contributed by atoms with Crippen molar-refractivity contribution < 1.29 is 9.13 Å². The third kappa shape index (κ3) is 1.81. The number of hydrogen-bond acceptors (Lipinski definition) is 2. The van der Waals surface area contributed by atoms with Gasteiger partial charge in [-0.15, -0.1) is 11.6 Å². The van der Waals surface area contributed by atoms with Crippen LogP contribution in [0.25, 0.3) is 11.0 Å². The molecule has 3 nitrogen and oxygen atoms in total. The normalized spacial score (nSPS) is 20.2. The van der Waals surface area contributed by atoms with Crippen LogP contribution in [-0.4, -0.2) is 22.8 Å². The Morgan fingerprint density at radius 2 is 2.41 bits per heavy atom. The molecular formula is C12H12ClFN2O. The summed E-state index contributed by atoms with van der Waals surface area (Å²) < 4.78 is 20.7. The number of fused-ring (bicyclic) bond motifs is 1. The molecule has 2 aromatic rings. The van der Waals surface area contributed by atoms with Crippen molar-refractivity contribution in [2.24, 2.45) is 0 Å². The second-order valence-corrected chi connectivity index (χ2v) is 4.45. The molecule has 2 heterocycles. The highest BCUT2D eigenvalue weighted by Crippen LogP contribution is 2.27. The number of imidazole rings is 1. The van der Waals surface area contributed by atoms with E-state index in [4.69, 9.17) is 16.3 Å². The Kier molecular flexibility index (Phi) is 2.76. The van der Waals surface area contributed by atoms with Gasteiger partial charge in [-0.2, -0.15) is 0 Å². The molecule has 17 heavy (non-hydrogen) atoms. The summed E-state index contributed by atoms with van der Waals surface area (Å²) >= 11 is 5.90. The van der Waals surface area contributed by atoms with Crippen LogP contribution in [0.1, 0.15) is 18.3 Å². The second kappa shape index (κ2) is 4.27. The lowest BCUT2D eigenvalue weighted by molar-refractivity contribution is 0.187. The minimum absolute atomic E-state index is 0.218. The minimum Gasteiger partial charge on any atom is -0.379 e. The van der Waals surface area contributed by atoms with Gasteiger partial charge in [0.1, 0.15) is 11.6 Å². The lowest BCUT2D eigenvalue weighted by atomic mass is 10.2. The maximum atomic E-state index is 13.3. The van der Waals surface area contributed by atoms with Crippen molar-refractivity contribution in [3.63, 3.8) is 0 Å². The molecule has 1 fully saturated rings. The van der Waals surface area contributed by atoms with E-state index in [-0.39, 0.29) is 11.9 Å². The molecule has 0 aliphatic carbocycles. The first-order chi connectivity index (χ1) is 8.29. The molecule has 5 heteroatoms. The standard InChI is InChI=1S/C12H12ClFN2O/c13-6-12-15-10-2-1-8(14)5-11(10)16(12)9-3-4-17-7-9/h1-2,5,9H,3-4,6-7H2. The Labute approximate surface area is 103 Å². The highest BCUT2D eigenvalue weighted by atomic mass is 35.5. The summed E-state index contributed by atoms with van der Waals surface area (Å²) in [4.78, 5) is 4.43. The van der Waals surface area contributed by atoms with E-state index in [1.807, 2.05) is 4.57 Å². The number of rotatable bonds is 2. The van der Waals surface area contributed by atoms with E-state index < -0.39 is 0 Å². The largest absolute Gasteiger partial charge is 0.379 e. The van der Waals surface area contributed by atoms with Crippen LogP contribution in [0.3, 0.4) is 0 Å². The Bertz CT molecular complexity index is 549. The van der Waals surface area contributed by atoms with Gasteiger partial charge in [-0.25, -0.2) is 9.37 Å². The van der Waals surface area contributed by atoms with E-state index in [0.717, 1.165) is 29.9 Å². The number of aromatic nitrogens is 2. The summed E-state index contributed by atoms with van der Waals surface area (Å²) in [5.41, 5.74) is 1.59. The molecule has 1 saturated heterocycles. The van der Waals surface area contributed by atoms with Gasteiger partial charge in [0.15, 0.2) is 0 Å². The zero-order valence-corrected chi connectivity index (χ0v) is 9.95. The molecule has 1 aliphatic rings. The number of halogens is 2. The summed E-state index contributed by atoms with van der Waals surface area (Å²) in [6.45, 7) is 1.38. The van der Waals surface area contributed by atoms with Crippen LogP contribution in [0, 0.1) is 5.82 Å². The van der Waals surface area contributed by atoms with E-state index in [9.17, 15) is 4.39 Å². The van der Waals surface area contributed by atoms with Crippen molar-refractivity contribution in [2.75, 3.05) is 13.2 Å². The first-order valence-electron chi connectivity index (χ1n) is 5.59. The molecule has 90 valence electrons. The molecule has 0 radical (unpaired) electrons. The van der Waals surface area contributed by atoms with Crippen LogP contribution in [0.15, 0.2) is 18.2 Å². The summed E-state index contributed by atoms with van der Waals surface area (Å²) in [6.07, 6.45) is 0.922. The molecular weight excluding hydrogens is 243 g/mol. The first kappa shape index (κ1) is 11.0. The lowest BCUT2D eigenvalue weighted by Crippen LogP contribution is -2.11. The predicted molar refractivity (Wildman–Crippen MR) is 63.7 cm³/mol. The summed E-state index contributed by atoms with van der Waals surface area (Å²) in [7, 11) is 0. The number of hydrogen-bond donors (Lipinski definition) is 0. The number of nitrogens with zero attached hydrogens (tertiary/aromatic N) is 2. The molecule has 1 unspecified atom stereocenters. The van der Waals surface area contributed by atoms with Gasteiger partial charge in [-0.3, -0.25) is 0 Å². The zero-order chi connectivity index (χ0) is 11.8. The highest BCUT2D eigenvalue weighted by molar-refractivity contribution is 6.16. The van der Waals surface area contributed by atoms with Crippen molar-refractivity contribution in [1.82, 2.24) is 9.55 Å². The quantitative estimate of drug-likeness (QED) is 0.771. The predicted octanol–water partition coefficient (Wildman–Crippen LogP) is 2.88. The van der Waals surface area contributed by atoms with Crippen LogP contribution in [-0.2, 0) is 10.6 Å². The van der Waals surface area contributed by atoms with Crippen LogP contribution in [0.4, 0.5) is 4.39 Å². The van der Waals surface area contributed by atoms with Gasteiger partial charge in [0.05, 0.1) is 29.6 Å². The van der Waals surface area contributed by atoms with Gasteiger partial charge in [-0.05, 0) is 24.6 Å². The molecule has 1 aromatic carbocycles. The van der Waals surface area contributed by atoms with Crippen LogP contribution < -0.4 is 0 Å². The molecule has 1 aromatic heterocycles. The fourth-order valence-electron chi connectivity index (χ4n) is 2.34. The van der Waals surface area contributed by atoms with Crippen LogP contribution in [0.2, 0.25) is 0 Å². The minimum atomic E-state index is -0.251. The van der Waals surface area contributed by atoms with E-state index >= 15 is 0 Å². The second-order valence-electron chi connectivity index (χ2n) is 4.18. The van der Waals surface area contributed by atoms with E-state index in [0.29, 0.717) is 12.5 Å². The maximum Gasteiger partial charge on any atom is 0.125 e. The topological polar surface area (TPSA) is 27.1 Å². The number of benzene rings is 1. The Morgan fingerprint density at radius 1 is 1.53 bits per heavy atom. The lowest BCUT2D eigenvalue weighted by Gasteiger charge is -2.13. The summed E-state index contributed by atoms with van der Waals surface area (Å²) in [5, 5.41) is 0. The van der Waals surface area contributed by atoms with E-state index in [1.54, 1.807) is 6.07 Å². The molecule has 0 bridgehead atoms. The molecule has 0 spiro atoms. The molecule has 1 aliphatic heterocycles. The average Bonchev–Trinajstić information content (AvgIpc) is 2.93. The van der Waals surface area contributed by atoms with Gasteiger partial charge in [0, 0.05) is 6.61 Å². The number of alkyl halides is 1. The van der Waals surface area contributed by atoms with Crippen LogP contribution >= 0.6 is 11.6 Å². The van der Waals surface area contributed by atoms with Gasteiger partial charge < -0.3 is 9.30 Å². The third-order valence-corrected chi connectivity index (χ3v) is 3.35. The average molecular weight is 255 g/mol. The number of ether oxygens (including phenoxy) is 1. The maximum absolute atomic E-state index is 13.3. The molecule has 1 atom stereocenters. The first-order valence-corrected chi connectivity index (χ1v) is 6.13. The fourth-order valence-corrected chi connectivity index (χ4v) is 2.53. The zero-order valence-electron chi connectivity index (χ0n) is 9.20. The van der Waals surface area contributed by atoms with E-state index in [2.05, 4.69) is 4.98 Å². The van der Waals surface area contributed by atoms with Crippen molar-refractivity contribution in [1.29, 1.82) is 0 Å². The Morgan fingerprint density at radius 3 is 3.12 bits per heavy atom. The molecule has 0 amide bonds. The highest BCUT2D eigenvalue weighted by Gasteiger charge is 2.22. The summed E-state index contributed by atoms with van der Waals surface area (Å²) in [6, 6.07) is 4.84. The molecule has 3 rings (SSSR count). The Balaban J connectivity index is 2.20. The third-order valence-electron chi connectivity index (χ3n) is 3.11. The molecule has 0 saturated carbocycles. The van der Waals surface area contributed by atoms with Crippen molar-refractivity contribution in [3.05, 3.63) is 29.8 Å². The van der Waals surface area contributed by atoms with Crippen LogP contribution in [0.5, 0.6) is 0 Å². The SMILES string of the molecule is Fc1ccc2nc(CCl)n(C3CCOC3)c2c1. The van der Waals surface area contributed by atoms with E-state index in [1.165, 1.54) is 12.1 Å². The smallest absolute Gasteiger partial charge is 0.125 e. The van der Waals surface area contributed by atoms with Gasteiger partial charge in [0.2, 0.25) is 0 Å². The van der Waals surface area contributed by atoms with Crippen molar-refractivity contribution in [3.8, 4) is 0 Å². The molecule has 0 N–H and O–H groups in total. The van der Waals surface area contributed by atoms with Gasteiger partial charge in [-0.1, -0.05) is 0 Å².